The van der Waals surface area contributed by atoms with Gasteiger partial charge in [-0.2, -0.15) is 4.57 Å². The van der Waals surface area contributed by atoms with E-state index in [4.69, 9.17) is 4.74 Å². The van der Waals surface area contributed by atoms with E-state index >= 15 is 0 Å². The molecule has 1 amide bonds. The molecule has 0 saturated heterocycles. The number of aryl methyl sites for hydroxylation is 1. The molecule has 206 valence electrons. The van der Waals surface area contributed by atoms with Gasteiger partial charge in [0.05, 0.1) is 29.7 Å². The van der Waals surface area contributed by atoms with E-state index in [1.807, 2.05) is 42.5 Å². The first kappa shape index (κ1) is 29.9. The molecule has 0 saturated carbocycles. The number of para-hydroxylation sites is 1. The maximum absolute atomic E-state index is 12.8. The molecule has 0 fully saturated rings. The number of nitrogens with zero attached hydrogens (tertiary/aromatic N) is 1. The first-order valence-corrected chi connectivity index (χ1v) is 15.7. The fourth-order valence-corrected chi connectivity index (χ4v) is 5.73. The molecular formula is C33H47N2O2S+. The van der Waals surface area contributed by atoms with Crippen LogP contribution in [0, 0.1) is 0 Å². The van der Waals surface area contributed by atoms with Gasteiger partial charge in [-0.15, -0.1) is 0 Å². The lowest BCUT2D eigenvalue weighted by Crippen LogP contribution is -2.31. The Morgan fingerprint density at radius 2 is 1.45 bits per heavy atom. The molecule has 5 heteroatoms. The number of carbonyl (C=O) groups excluding carboxylic acids is 1. The van der Waals surface area contributed by atoms with Crippen molar-refractivity contribution in [3.8, 4) is 16.3 Å². The topological polar surface area (TPSA) is 42.2 Å². The number of thiazole rings is 1. The Morgan fingerprint density at radius 3 is 2.11 bits per heavy atom. The molecule has 0 bridgehead atoms. The highest BCUT2D eigenvalue weighted by atomic mass is 32.1. The maximum atomic E-state index is 12.8. The molecule has 0 aliphatic heterocycles. The fourth-order valence-electron chi connectivity index (χ4n) is 4.77. The number of aromatic nitrogens is 1. The summed E-state index contributed by atoms with van der Waals surface area (Å²) in [6.07, 6.45) is 18.6. The van der Waals surface area contributed by atoms with Crippen LogP contribution in [-0.2, 0) is 17.8 Å². The fraction of sp³-hybridized carbons (Fsp3) is 0.515. The molecule has 1 aromatic heterocycles. The van der Waals surface area contributed by atoms with E-state index in [-0.39, 0.29) is 5.91 Å². The molecule has 2 aromatic carbocycles. The van der Waals surface area contributed by atoms with Gasteiger partial charge in [-0.3, -0.25) is 4.79 Å². The second-order valence-electron chi connectivity index (χ2n) is 10.1. The van der Waals surface area contributed by atoms with Crippen LogP contribution in [0.25, 0.3) is 10.6 Å². The molecular weight excluding hydrogens is 488 g/mol. The van der Waals surface area contributed by atoms with E-state index < -0.39 is 0 Å². The summed E-state index contributed by atoms with van der Waals surface area (Å²) in [5.41, 5.74) is 2.89. The van der Waals surface area contributed by atoms with Crippen LogP contribution in [0.4, 0.5) is 5.69 Å². The molecule has 1 heterocycles. The van der Waals surface area contributed by atoms with Crippen LogP contribution in [0.15, 0.2) is 60.1 Å². The number of hydrogen-bond donors (Lipinski definition) is 1. The maximum Gasteiger partial charge on any atom is 0.271 e. The molecule has 0 spiro atoms. The third kappa shape index (κ3) is 10.6. The Bertz CT molecular complexity index is 1060. The molecule has 3 aromatic rings. The number of ether oxygens (including phenoxy) is 1. The Labute approximate surface area is 234 Å². The van der Waals surface area contributed by atoms with E-state index in [1.54, 1.807) is 11.3 Å². The first-order valence-electron chi connectivity index (χ1n) is 14.8. The zero-order valence-corrected chi connectivity index (χ0v) is 24.4. The highest BCUT2D eigenvalue weighted by Gasteiger charge is 2.18. The number of amides is 1. The van der Waals surface area contributed by atoms with Gasteiger partial charge in [-0.05, 0) is 43.2 Å². The lowest BCUT2D eigenvalue weighted by atomic mass is 10.1. The summed E-state index contributed by atoms with van der Waals surface area (Å²) >= 11 is 1.69. The highest BCUT2D eigenvalue weighted by Crippen LogP contribution is 2.28. The molecule has 0 aliphatic carbocycles. The Morgan fingerprint density at radius 1 is 0.816 bits per heavy atom. The minimum absolute atomic E-state index is 0.0118. The predicted molar refractivity (Wildman–Crippen MR) is 161 cm³/mol. The molecule has 0 atom stereocenters. The van der Waals surface area contributed by atoms with Crippen LogP contribution < -0.4 is 14.6 Å². The van der Waals surface area contributed by atoms with Gasteiger partial charge in [0.1, 0.15) is 12.3 Å². The minimum Gasteiger partial charge on any atom is -0.494 e. The molecule has 0 unspecified atom stereocenters. The predicted octanol–water partition coefficient (Wildman–Crippen LogP) is 8.98. The minimum atomic E-state index is -0.0118. The van der Waals surface area contributed by atoms with Crippen LogP contribution in [0.1, 0.15) is 96.5 Å². The molecule has 3 rings (SSSR count). The standard InChI is InChI=1S/C33H46N2O2S/c1-3-5-6-7-8-9-10-11-12-13-14-17-25-37-29-22-20-28(21-23-29)27-32(36)34-31-19-16-15-18-30(31)33-35(4-2)24-26-38-33/h15-16,18-24,26H,3-14,17,25,27H2,1-2H3/p+1. The summed E-state index contributed by atoms with van der Waals surface area (Å²) in [5.74, 6) is 0.867. The lowest BCUT2D eigenvalue weighted by molar-refractivity contribution is -0.678. The van der Waals surface area contributed by atoms with E-state index in [1.165, 1.54) is 70.6 Å². The van der Waals surface area contributed by atoms with Gasteiger partial charge in [0.15, 0.2) is 6.20 Å². The van der Waals surface area contributed by atoms with Crippen LogP contribution in [0.3, 0.4) is 0 Å². The van der Waals surface area contributed by atoms with Gasteiger partial charge in [0.2, 0.25) is 5.91 Å². The zero-order chi connectivity index (χ0) is 26.8. The SMILES string of the molecule is CCCCCCCCCCCCCCOc1ccc(CC(=O)Nc2ccccc2-c2scc[n+]2CC)cc1. The van der Waals surface area contributed by atoms with Crippen molar-refractivity contribution in [3.05, 3.63) is 65.7 Å². The largest absolute Gasteiger partial charge is 0.494 e. The number of nitrogens with one attached hydrogen (secondary N) is 1. The van der Waals surface area contributed by atoms with Crippen molar-refractivity contribution in [2.24, 2.45) is 0 Å². The quantitative estimate of drug-likeness (QED) is 0.123. The molecule has 0 radical (unpaired) electrons. The summed E-state index contributed by atoms with van der Waals surface area (Å²) in [7, 11) is 0. The van der Waals surface area contributed by atoms with Gasteiger partial charge in [-0.1, -0.05) is 113 Å². The van der Waals surface area contributed by atoms with Crippen molar-refractivity contribution in [1.29, 1.82) is 0 Å². The van der Waals surface area contributed by atoms with Gasteiger partial charge >= 0.3 is 0 Å². The van der Waals surface area contributed by atoms with Crippen molar-refractivity contribution >= 4 is 22.9 Å². The van der Waals surface area contributed by atoms with Crippen molar-refractivity contribution in [3.63, 3.8) is 0 Å². The first-order chi connectivity index (χ1) is 18.7. The normalized spacial score (nSPS) is 11.0. The molecule has 38 heavy (non-hydrogen) atoms. The van der Waals surface area contributed by atoms with Crippen molar-refractivity contribution in [2.75, 3.05) is 11.9 Å². The Hall–Kier alpha value is -2.66. The molecule has 1 N–H and O–H groups in total. The summed E-state index contributed by atoms with van der Waals surface area (Å²) in [6, 6.07) is 16.0. The number of benzene rings is 2. The van der Waals surface area contributed by atoms with Gasteiger partial charge in [-0.25, -0.2) is 0 Å². The number of carbonyl (C=O) groups is 1. The van der Waals surface area contributed by atoms with Gasteiger partial charge in [0.25, 0.3) is 5.01 Å². The van der Waals surface area contributed by atoms with Gasteiger partial charge in [0, 0.05) is 0 Å². The van der Waals surface area contributed by atoms with Crippen molar-refractivity contribution in [1.82, 2.24) is 0 Å². The smallest absolute Gasteiger partial charge is 0.271 e. The van der Waals surface area contributed by atoms with E-state index in [0.29, 0.717) is 6.42 Å². The van der Waals surface area contributed by atoms with Crippen molar-refractivity contribution in [2.45, 2.75) is 104 Å². The number of hydrogen-bond acceptors (Lipinski definition) is 3. The molecule has 0 aliphatic rings. The molecule has 4 nitrogen and oxygen atoms in total. The average molecular weight is 536 g/mol. The van der Waals surface area contributed by atoms with Crippen LogP contribution >= 0.6 is 11.3 Å². The third-order valence-electron chi connectivity index (χ3n) is 7.01. The lowest BCUT2D eigenvalue weighted by Gasteiger charge is -2.10. The van der Waals surface area contributed by atoms with Gasteiger partial charge < -0.3 is 10.1 Å². The van der Waals surface area contributed by atoms with Crippen LogP contribution in [0.5, 0.6) is 5.75 Å². The monoisotopic (exact) mass is 535 g/mol. The van der Waals surface area contributed by atoms with E-state index in [0.717, 1.165) is 47.1 Å². The summed E-state index contributed by atoms with van der Waals surface area (Å²) in [5, 5.41) is 6.35. The highest BCUT2D eigenvalue weighted by molar-refractivity contribution is 7.12. The second-order valence-corrected chi connectivity index (χ2v) is 11.0. The summed E-state index contributed by atoms with van der Waals surface area (Å²) in [4.78, 5) is 12.8. The number of rotatable bonds is 19. The summed E-state index contributed by atoms with van der Waals surface area (Å²) < 4.78 is 8.13. The van der Waals surface area contributed by atoms with Crippen LogP contribution in [-0.4, -0.2) is 12.5 Å². The average Bonchev–Trinajstić information content (AvgIpc) is 3.41. The Balaban J connectivity index is 1.31. The van der Waals surface area contributed by atoms with E-state index in [2.05, 4.69) is 41.4 Å². The van der Waals surface area contributed by atoms with Crippen molar-refractivity contribution < 1.29 is 14.1 Å². The number of anilines is 1. The zero-order valence-electron chi connectivity index (χ0n) is 23.6. The number of unbranched alkanes of at least 4 members (excludes halogenated alkanes) is 11. The Kier molecular flexibility index (Phi) is 14.0. The van der Waals surface area contributed by atoms with E-state index in [9.17, 15) is 4.79 Å². The third-order valence-corrected chi connectivity index (χ3v) is 7.94. The second kappa shape index (κ2) is 17.8. The van der Waals surface area contributed by atoms with Crippen LogP contribution in [0.2, 0.25) is 0 Å². The summed E-state index contributed by atoms with van der Waals surface area (Å²) in [6.45, 7) is 6.06.